The third-order valence-electron chi connectivity index (χ3n) is 2.78. The van der Waals surface area contributed by atoms with E-state index >= 15 is 0 Å². The van der Waals surface area contributed by atoms with Gasteiger partial charge in [-0.05, 0) is 24.0 Å². The number of benzene rings is 1. The Balaban J connectivity index is 1.99. The van der Waals surface area contributed by atoms with Gasteiger partial charge < -0.3 is 4.98 Å². The molecule has 4 heteroatoms. The molecule has 102 valence electrons. The maximum absolute atomic E-state index is 4.43. The third-order valence-corrected chi connectivity index (χ3v) is 4.16. The van der Waals surface area contributed by atoms with Crippen LogP contribution in [0.2, 0.25) is 0 Å². The number of hydrogen-bond donors (Lipinski definition) is 1. The molecule has 0 atom stereocenters. The molecule has 1 heterocycles. The largest absolute Gasteiger partial charge is 0.333 e. The second kappa shape index (κ2) is 6.14. The van der Waals surface area contributed by atoms with E-state index in [0.717, 1.165) is 26.6 Å². The van der Waals surface area contributed by atoms with Crippen molar-refractivity contribution in [3.05, 3.63) is 34.9 Å². The van der Waals surface area contributed by atoms with Crippen molar-refractivity contribution in [2.75, 3.05) is 5.75 Å². The summed E-state index contributed by atoms with van der Waals surface area (Å²) in [6.45, 7) is 6.80. The molecular formula is C15H19BrN2S. The molecule has 19 heavy (non-hydrogen) atoms. The first-order valence-electron chi connectivity index (χ1n) is 6.38. The molecule has 0 saturated heterocycles. The van der Waals surface area contributed by atoms with Crippen LogP contribution in [0.1, 0.15) is 27.2 Å². The summed E-state index contributed by atoms with van der Waals surface area (Å²) >= 11 is 5.28. The number of aromatic nitrogens is 2. The number of rotatable bonds is 4. The summed E-state index contributed by atoms with van der Waals surface area (Å²) < 4.78 is 1.08. The van der Waals surface area contributed by atoms with Gasteiger partial charge in [0.2, 0.25) is 0 Å². The van der Waals surface area contributed by atoms with E-state index in [1.54, 1.807) is 11.8 Å². The molecular weight excluding hydrogens is 320 g/mol. The van der Waals surface area contributed by atoms with Crippen molar-refractivity contribution < 1.29 is 0 Å². The van der Waals surface area contributed by atoms with Crippen molar-refractivity contribution in [1.82, 2.24) is 9.97 Å². The molecule has 0 radical (unpaired) electrons. The van der Waals surface area contributed by atoms with Crippen LogP contribution in [0.15, 0.2) is 40.1 Å². The summed E-state index contributed by atoms with van der Waals surface area (Å²) in [5.41, 5.74) is 2.61. The van der Waals surface area contributed by atoms with E-state index in [1.807, 2.05) is 18.3 Å². The lowest BCUT2D eigenvalue weighted by molar-refractivity contribution is 0.401. The Hall–Kier alpha value is -0.740. The Morgan fingerprint density at radius 2 is 2.11 bits per heavy atom. The molecule has 0 unspecified atom stereocenters. The van der Waals surface area contributed by atoms with Crippen molar-refractivity contribution >= 4 is 27.7 Å². The summed E-state index contributed by atoms with van der Waals surface area (Å²) in [5.74, 6) is 1.09. The van der Waals surface area contributed by atoms with Crippen LogP contribution < -0.4 is 0 Å². The van der Waals surface area contributed by atoms with E-state index in [0.29, 0.717) is 5.41 Å². The van der Waals surface area contributed by atoms with Gasteiger partial charge in [-0.3, -0.25) is 0 Å². The molecule has 1 N–H and O–H groups in total. The fraction of sp³-hybridized carbons (Fsp3) is 0.400. The molecule has 0 aliphatic heterocycles. The van der Waals surface area contributed by atoms with Crippen molar-refractivity contribution in [3.63, 3.8) is 0 Å². The quantitative estimate of drug-likeness (QED) is 0.759. The van der Waals surface area contributed by atoms with Crippen molar-refractivity contribution in [2.45, 2.75) is 32.3 Å². The molecule has 0 aliphatic rings. The number of halogens is 1. The predicted octanol–water partition coefficient (Wildman–Crippen LogP) is 5.37. The zero-order valence-corrected chi connectivity index (χ0v) is 13.9. The molecule has 0 saturated carbocycles. The highest BCUT2D eigenvalue weighted by molar-refractivity contribution is 9.10. The lowest BCUT2D eigenvalue weighted by atomic mass is 9.94. The molecule has 0 spiro atoms. The van der Waals surface area contributed by atoms with Crippen LogP contribution in [-0.2, 0) is 0 Å². The molecule has 0 amide bonds. The van der Waals surface area contributed by atoms with Gasteiger partial charge in [0.1, 0.15) is 0 Å². The van der Waals surface area contributed by atoms with Crippen LogP contribution in [-0.4, -0.2) is 15.7 Å². The first kappa shape index (κ1) is 14.7. The first-order chi connectivity index (χ1) is 8.94. The number of imidazole rings is 1. The molecule has 2 aromatic rings. The maximum atomic E-state index is 4.43. The van der Waals surface area contributed by atoms with E-state index in [4.69, 9.17) is 0 Å². The number of hydrogen-bond acceptors (Lipinski definition) is 2. The number of nitrogens with one attached hydrogen (secondary N) is 1. The molecule has 1 aromatic carbocycles. The minimum absolute atomic E-state index is 0.382. The number of aromatic amines is 1. The fourth-order valence-corrected chi connectivity index (χ4v) is 3.25. The molecule has 1 aromatic heterocycles. The summed E-state index contributed by atoms with van der Waals surface area (Å²) in [7, 11) is 0. The van der Waals surface area contributed by atoms with Crippen LogP contribution in [0, 0.1) is 5.41 Å². The summed E-state index contributed by atoms with van der Waals surface area (Å²) in [6.07, 6.45) is 3.09. The van der Waals surface area contributed by atoms with Gasteiger partial charge in [0.05, 0.1) is 11.9 Å². The lowest BCUT2D eigenvalue weighted by Gasteiger charge is -2.16. The zero-order valence-electron chi connectivity index (χ0n) is 11.5. The van der Waals surface area contributed by atoms with E-state index in [-0.39, 0.29) is 0 Å². The monoisotopic (exact) mass is 338 g/mol. The number of H-pyrrole nitrogens is 1. The van der Waals surface area contributed by atoms with Crippen LogP contribution in [0.3, 0.4) is 0 Å². The van der Waals surface area contributed by atoms with Crippen LogP contribution in [0.4, 0.5) is 0 Å². The highest BCUT2D eigenvalue weighted by atomic mass is 79.9. The van der Waals surface area contributed by atoms with Crippen molar-refractivity contribution in [1.29, 1.82) is 0 Å². The lowest BCUT2D eigenvalue weighted by Crippen LogP contribution is -2.05. The highest BCUT2D eigenvalue weighted by Crippen LogP contribution is 2.27. The minimum Gasteiger partial charge on any atom is -0.333 e. The SMILES string of the molecule is CC(C)(C)CCSc1ncc(-c2cccc(Br)c2)[nH]1. The van der Waals surface area contributed by atoms with Gasteiger partial charge in [-0.25, -0.2) is 4.98 Å². The molecule has 0 aliphatic carbocycles. The van der Waals surface area contributed by atoms with Crippen molar-refractivity contribution in [2.24, 2.45) is 5.41 Å². The summed E-state index contributed by atoms with van der Waals surface area (Å²) in [6, 6.07) is 8.24. The third kappa shape index (κ3) is 4.69. The molecule has 2 rings (SSSR count). The highest BCUT2D eigenvalue weighted by Gasteiger charge is 2.11. The summed E-state index contributed by atoms with van der Waals surface area (Å²) in [4.78, 5) is 7.81. The number of thioether (sulfide) groups is 1. The first-order valence-corrected chi connectivity index (χ1v) is 8.16. The van der Waals surface area contributed by atoms with E-state index in [2.05, 4.69) is 58.8 Å². The molecule has 2 nitrogen and oxygen atoms in total. The van der Waals surface area contributed by atoms with Gasteiger partial charge in [0.25, 0.3) is 0 Å². The topological polar surface area (TPSA) is 28.7 Å². The van der Waals surface area contributed by atoms with Gasteiger partial charge in [-0.15, -0.1) is 0 Å². The Labute approximate surface area is 127 Å². The van der Waals surface area contributed by atoms with Gasteiger partial charge in [0, 0.05) is 15.8 Å². The van der Waals surface area contributed by atoms with Gasteiger partial charge in [-0.1, -0.05) is 60.6 Å². The van der Waals surface area contributed by atoms with Gasteiger partial charge >= 0.3 is 0 Å². The van der Waals surface area contributed by atoms with Gasteiger partial charge in [-0.2, -0.15) is 0 Å². The molecule has 0 fully saturated rings. The van der Waals surface area contributed by atoms with E-state index in [1.165, 1.54) is 6.42 Å². The second-order valence-corrected chi connectivity index (χ2v) is 7.77. The molecule has 0 bridgehead atoms. The maximum Gasteiger partial charge on any atom is 0.165 e. The standard InChI is InChI=1S/C15H19BrN2S/c1-15(2,3)7-8-19-14-17-10-13(18-14)11-5-4-6-12(16)9-11/h4-6,9-10H,7-8H2,1-3H3,(H,17,18). The van der Waals surface area contributed by atoms with Crippen LogP contribution in [0.25, 0.3) is 11.3 Å². The smallest absolute Gasteiger partial charge is 0.165 e. The Kier molecular flexibility index (Phi) is 4.74. The Morgan fingerprint density at radius 3 is 2.79 bits per heavy atom. The normalized spacial score (nSPS) is 11.8. The average Bonchev–Trinajstić information content (AvgIpc) is 2.76. The zero-order chi connectivity index (χ0) is 13.9. The fourth-order valence-electron chi connectivity index (χ4n) is 1.63. The van der Waals surface area contributed by atoms with Crippen LogP contribution >= 0.6 is 27.7 Å². The second-order valence-electron chi connectivity index (χ2n) is 5.77. The van der Waals surface area contributed by atoms with Gasteiger partial charge in [0.15, 0.2) is 5.16 Å². The Bertz CT molecular complexity index is 543. The predicted molar refractivity (Wildman–Crippen MR) is 86.5 cm³/mol. The van der Waals surface area contributed by atoms with Crippen molar-refractivity contribution in [3.8, 4) is 11.3 Å². The van der Waals surface area contributed by atoms with E-state index in [9.17, 15) is 0 Å². The van der Waals surface area contributed by atoms with E-state index < -0.39 is 0 Å². The van der Waals surface area contributed by atoms with Crippen LogP contribution in [0.5, 0.6) is 0 Å². The average molecular weight is 339 g/mol. The minimum atomic E-state index is 0.382. The Morgan fingerprint density at radius 1 is 1.32 bits per heavy atom. The summed E-state index contributed by atoms with van der Waals surface area (Å²) in [5, 5.41) is 0.999. The number of nitrogens with zero attached hydrogens (tertiary/aromatic N) is 1.